The molecule has 0 aliphatic heterocycles. The Morgan fingerprint density at radius 1 is 1.00 bits per heavy atom. The zero-order valence-corrected chi connectivity index (χ0v) is 11.2. The number of Topliss-reactive ketones (excluding diaryl/α,β-unsaturated/α-hetero) is 1. The number of hydrogen-bond acceptors (Lipinski definition) is 1. The second kappa shape index (κ2) is 4.33. The third-order valence-electron chi connectivity index (χ3n) is 5.53. The van der Waals surface area contributed by atoms with Crippen molar-refractivity contribution in [1.29, 1.82) is 0 Å². The van der Waals surface area contributed by atoms with Crippen LogP contribution in [0.3, 0.4) is 0 Å². The fourth-order valence-corrected chi connectivity index (χ4v) is 4.65. The van der Waals surface area contributed by atoms with Crippen molar-refractivity contribution < 1.29 is 4.79 Å². The lowest BCUT2D eigenvalue weighted by Gasteiger charge is -2.35. The summed E-state index contributed by atoms with van der Waals surface area (Å²) in [5.41, 5.74) is 1.32. The average molecular weight is 252 g/mol. The molecule has 5 atom stereocenters. The summed E-state index contributed by atoms with van der Waals surface area (Å²) in [4.78, 5) is 12.8. The molecular formula is C18H20O. The van der Waals surface area contributed by atoms with Gasteiger partial charge in [0.1, 0.15) is 5.78 Å². The highest BCUT2D eigenvalue weighted by Gasteiger charge is 2.51. The SMILES string of the molecule is O=C1[C@H](Cc2ccccc2)CC[C@@H]2[C@H]1[C@@H]1C=C[C@H]2C1. The van der Waals surface area contributed by atoms with Crippen LogP contribution in [-0.4, -0.2) is 5.78 Å². The Hall–Kier alpha value is -1.37. The fourth-order valence-electron chi connectivity index (χ4n) is 4.65. The molecule has 2 bridgehead atoms. The summed E-state index contributed by atoms with van der Waals surface area (Å²) < 4.78 is 0. The molecular weight excluding hydrogens is 232 g/mol. The van der Waals surface area contributed by atoms with Gasteiger partial charge in [-0.15, -0.1) is 0 Å². The molecule has 2 fully saturated rings. The maximum absolute atomic E-state index is 12.8. The number of carbonyl (C=O) groups is 1. The van der Waals surface area contributed by atoms with Gasteiger partial charge in [-0.25, -0.2) is 0 Å². The first-order valence-electron chi connectivity index (χ1n) is 7.59. The molecule has 0 aromatic heterocycles. The van der Waals surface area contributed by atoms with Crippen molar-refractivity contribution in [1.82, 2.24) is 0 Å². The highest BCUT2D eigenvalue weighted by atomic mass is 16.1. The second-order valence-corrected chi connectivity index (χ2v) is 6.50. The quantitative estimate of drug-likeness (QED) is 0.734. The Kier molecular flexibility index (Phi) is 2.61. The van der Waals surface area contributed by atoms with Crippen molar-refractivity contribution >= 4 is 5.78 Å². The molecule has 4 rings (SSSR count). The maximum Gasteiger partial charge on any atom is 0.140 e. The van der Waals surface area contributed by atoms with Crippen LogP contribution in [0, 0.1) is 29.6 Å². The van der Waals surface area contributed by atoms with Gasteiger partial charge in [-0.1, -0.05) is 42.5 Å². The minimum atomic E-state index is 0.274. The zero-order chi connectivity index (χ0) is 12.8. The van der Waals surface area contributed by atoms with Crippen molar-refractivity contribution in [2.75, 3.05) is 0 Å². The van der Waals surface area contributed by atoms with E-state index in [1.165, 1.54) is 18.4 Å². The second-order valence-electron chi connectivity index (χ2n) is 6.50. The maximum atomic E-state index is 12.8. The molecule has 0 heterocycles. The summed E-state index contributed by atoms with van der Waals surface area (Å²) in [6.07, 6.45) is 9.25. The Morgan fingerprint density at radius 3 is 2.63 bits per heavy atom. The molecule has 1 nitrogen and oxygen atoms in total. The average Bonchev–Trinajstić information content (AvgIpc) is 3.04. The molecule has 1 heteroatoms. The molecule has 1 aromatic carbocycles. The van der Waals surface area contributed by atoms with Crippen LogP contribution in [0.5, 0.6) is 0 Å². The molecule has 0 amide bonds. The Bertz CT molecular complexity index is 516. The van der Waals surface area contributed by atoms with Gasteiger partial charge in [0.15, 0.2) is 0 Å². The number of benzene rings is 1. The molecule has 3 aliphatic carbocycles. The lowest BCUT2D eigenvalue weighted by molar-refractivity contribution is -0.132. The molecule has 0 N–H and O–H groups in total. The van der Waals surface area contributed by atoms with Crippen LogP contribution in [0.2, 0.25) is 0 Å². The van der Waals surface area contributed by atoms with Gasteiger partial charge < -0.3 is 0 Å². The van der Waals surface area contributed by atoms with Crippen LogP contribution in [0.15, 0.2) is 42.5 Å². The van der Waals surface area contributed by atoms with Crippen LogP contribution in [0.1, 0.15) is 24.8 Å². The van der Waals surface area contributed by atoms with E-state index >= 15 is 0 Å². The molecule has 0 unspecified atom stereocenters. The minimum Gasteiger partial charge on any atom is -0.299 e. The van der Waals surface area contributed by atoms with Crippen LogP contribution in [0.4, 0.5) is 0 Å². The third-order valence-corrected chi connectivity index (χ3v) is 5.53. The molecule has 0 radical (unpaired) electrons. The summed E-state index contributed by atoms with van der Waals surface area (Å²) in [6.45, 7) is 0. The summed E-state index contributed by atoms with van der Waals surface area (Å²) in [7, 11) is 0. The first kappa shape index (κ1) is 11.5. The van der Waals surface area contributed by atoms with Crippen LogP contribution < -0.4 is 0 Å². The van der Waals surface area contributed by atoms with Gasteiger partial charge >= 0.3 is 0 Å². The molecule has 3 aliphatic rings. The van der Waals surface area contributed by atoms with Gasteiger partial charge in [0.25, 0.3) is 0 Å². The van der Waals surface area contributed by atoms with E-state index in [9.17, 15) is 4.79 Å². The van der Waals surface area contributed by atoms with Crippen molar-refractivity contribution in [2.24, 2.45) is 29.6 Å². The lowest BCUT2D eigenvalue weighted by Crippen LogP contribution is -2.38. The Labute approximate surface area is 114 Å². The first-order valence-corrected chi connectivity index (χ1v) is 7.59. The van der Waals surface area contributed by atoms with Crippen LogP contribution in [-0.2, 0) is 11.2 Å². The summed E-state index contributed by atoms with van der Waals surface area (Å²) in [5, 5.41) is 0. The van der Waals surface area contributed by atoms with Crippen molar-refractivity contribution in [3.63, 3.8) is 0 Å². The van der Waals surface area contributed by atoms with Gasteiger partial charge in [-0.3, -0.25) is 4.79 Å². The molecule has 98 valence electrons. The number of carbonyl (C=O) groups excluding carboxylic acids is 1. The monoisotopic (exact) mass is 252 g/mol. The van der Waals surface area contributed by atoms with E-state index in [2.05, 4.69) is 36.4 Å². The molecule has 0 saturated heterocycles. The molecule has 19 heavy (non-hydrogen) atoms. The number of ketones is 1. The van der Waals surface area contributed by atoms with Gasteiger partial charge in [0.05, 0.1) is 0 Å². The van der Waals surface area contributed by atoms with Gasteiger partial charge in [-0.05, 0) is 49.0 Å². The van der Waals surface area contributed by atoms with Crippen molar-refractivity contribution in [2.45, 2.75) is 25.7 Å². The molecule has 0 spiro atoms. The van der Waals surface area contributed by atoms with E-state index in [0.29, 0.717) is 23.5 Å². The van der Waals surface area contributed by atoms with Crippen LogP contribution >= 0.6 is 0 Å². The zero-order valence-electron chi connectivity index (χ0n) is 11.2. The highest BCUT2D eigenvalue weighted by Crippen LogP contribution is 2.53. The topological polar surface area (TPSA) is 17.1 Å². The van der Waals surface area contributed by atoms with E-state index in [1.54, 1.807) is 0 Å². The van der Waals surface area contributed by atoms with E-state index in [1.807, 2.05) is 6.07 Å². The predicted octanol–water partition coefficient (Wildman–Crippen LogP) is 3.65. The van der Waals surface area contributed by atoms with E-state index < -0.39 is 0 Å². The number of rotatable bonds is 2. The van der Waals surface area contributed by atoms with Gasteiger partial charge in [0, 0.05) is 11.8 Å². The van der Waals surface area contributed by atoms with Crippen molar-refractivity contribution in [3.05, 3.63) is 48.0 Å². The van der Waals surface area contributed by atoms with E-state index in [4.69, 9.17) is 0 Å². The normalized spacial score (nSPS) is 39.6. The number of fused-ring (bicyclic) bond motifs is 5. The molecule has 1 aromatic rings. The van der Waals surface area contributed by atoms with Crippen LogP contribution in [0.25, 0.3) is 0 Å². The predicted molar refractivity (Wildman–Crippen MR) is 75.6 cm³/mol. The highest BCUT2D eigenvalue weighted by molar-refractivity contribution is 5.86. The summed E-state index contributed by atoms with van der Waals surface area (Å²) in [6, 6.07) is 10.5. The lowest BCUT2D eigenvalue weighted by atomic mass is 9.67. The largest absolute Gasteiger partial charge is 0.299 e. The van der Waals surface area contributed by atoms with Gasteiger partial charge in [-0.2, -0.15) is 0 Å². The smallest absolute Gasteiger partial charge is 0.140 e. The number of hydrogen-bond donors (Lipinski definition) is 0. The molecule has 2 saturated carbocycles. The van der Waals surface area contributed by atoms with E-state index in [0.717, 1.165) is 18.8 Å². The summed E-state index contributed by atoms with van der Waals surface area (Å²) in [5.74, 6) is 3.16. The first-order chi connectivity index (χ1) is 9.33. The fraction of sp³-hybridized carbons (Fsp3) is 0.500. The standard InChI is InChI=1S/C18H20O/c19-18-15(10-12-4-2-1-3-5-12)8-9-16-13-6-7-14(11-13)17(16)18/h1-7,13-17H,8-11H2/t13-,14+,15-,16-,17+/m0/s1. The number of allylic oxidation sites excluding steroid dienone is 2. The van der Waals surface area contributed by atoms with E-state index in [-0.39, 0.29) is 5.92 Å². The summed E-state index contributed by atoms with van der Waals surface area (Å²) >= 11 is 0. The van der Waals surface area contributed by atoms with Crippen molar-refractivity contribution in [3.8, 4) is 0 Å². The van der Waals surface area contributed by atoms with Gasteiger partial charge in [0.2, 0.25) is 0 Å². The Balaban J connectivity index is 1.53. The third kappa shape index (κ3) is 1.79. The minimum absolute atomic E-state index is 0.274. The Morgan fingerprint density at radius 2 is 1.79 bits per heavy atom.